The van der Waals surface area contributed by atoms with E-state index < -0.39 is 0 Å². The molecule has 0 radical (unpaired) electrons. The van der Waals surface area contributed by atoms with Crippen molar-refractivity contribution in [2.24, 2.45) is 0 Å². The van der Waals surface area contributed by atoms with Crippen LogP contribution in [0.4, 0.5) is 11.9 Å². The Bertz CT molecular complexity index is 739. The molecular weight excluding hydrogens is 254 g/mol. The number of benzene rings is 2. The van der Waals surface area contributed by atoms with Crippen LogP contribution >= 0.6 is 0 Å². The molecule has 0 aliphatic carbocycles. The molecule has 0 aliphatic rings. The van der Waals surface area contributed by atoms with E-state index in [-0.39, 0.29) is 18.5 Å². The van der Waals surface area contributed by atoms with E-state index in [2.05, 4.69) is 15.0 Å². The summed E-state index contributed by atoms with van der Waals surface area (Å²) in [5, 5.41) is 2.27. The number of nitrogen functional groups attached to an aromatic ring is 2. The van der Waals surface area contributed by atoms with E-state index in [1.807, 2.05) is 42.5 Å². The Hall–Kier alpha value is -2.89. The minimum Gasteiger partial charge on any atom is -0.486 e. The van der Waals surface area contributed by atoms with Crippen molar-refractivity contribution in [2.75, 3.05) is 11.5 Å². The first-order valence-corrected chi connectivity index (χ1v) is 6.08. The molecule has 0 bridgehead atoms. The minimum absolute atomic E-state index is 0.0922. The van der Waals surface area contributed by atoms with Gasteiger partial charge in [-0.1, -0.05) is 30.3 Å². The molecule has 2 aromatic carbocycles. The number of hydrogen-bond acceptors (Lipinski definition) is 6. The molecule has 1 heterocycles. The maximum atomic E-state index is 5.65. The van der Waals surface area contributed by atoms with Gasteiger partial charge in [0.15, 0.2) is 5.82 Å². The summed E-state index contributed by atoms with van der Waals surface area (Å²) in [6, 6.07) is 13.9. The highest BCUT2D eigenvalue weighted by atomic mass is 16.5. The lowest BCUT2D eigenvalue weighted by molar-refractivity contribution is 0.296. The van der Waals surface area contributed by atoms with Gasteiger partial charge < -0.3 is 16.2 Å². The van der Waals surface area contributed by atoms with E-state index in [9.17, 15) is 0 Å². The SMILES string of the molecule is Nc1nc(N)nc(COc2ccc3ccccc3c2)n1. The number of anilines is 2. The van der Waals surface area contributed by atoms with Gasteiger partial charge in [-0.25, -0.2) is 0 Å². The molecule has 0 atom stereocenters. The van der Waals surface area contributed by atoms with Gasteiger partial charge in [-0.05, 0) is 22.9 Å². The molecule has 0 amide bonds. The molecule has 0 aliphatic heterocycles. The van der Waals surface area contributed by atoms with Crippen molar-refractivity contribution in [1.29, 1.82) is 0 Å². The third-order valence-electron chi connectivity index (χ3n) is 2.81. The Balaban J connectivity index is 1.79. The Morgan fingerprint density at radius 2 is 1.55 bits per heavy atom. The second-order valence-electron chi connectivity index (χ2n) is 4.27. The highest BCUT2D eigenvalue weighted by Crippen LogP contribution is 2.21. The van der Waals surface area contributed by atoms with Crippen LogP contribution in [-0.4, -0.2) is 15.0 Å². The number of nitrogens with two attached hydrogens (primary N) is 2. The molecule has 20 heavy (non-hydrogen) atoms. The van der Waals surface area contributed by atoms with Crippen molar-refractivity contribution >= 4 is 22.7 Å². The average Bonchev–Trinajstić information content (AvgIpc) is 2.44. The van der Waals surface area contributed by atoms with Gasteiger partial charge in [0.1, 0.15) is 12.4 Å². The third-order valence-corrected chi connectivity index (χ3v) is 2.81. The molecule has 0 saturated carbocycles. The van der Waals surface area contributed by atoms with Crippen LogP contribution in [-0.2, 0) is 6.61 Å². The van der Waals surface area contributed by atoms with Gasteiger partial charge in [-0.3, -0.25) is 0 Å². The van der Waals surface area contributed by atoms with Gasteiger partial charge in [-0.15, -0.1) is 0 Å². The Labute approximate surface area is 115 Å². The lowest BCUT2D eigenvalue weighted by atomic mass is 10.1. The number of hydrogen-bond donors (Lipinski definition) is 2. The first-order valence-electron chi connectivity index (χ1n) is 6.08. The smallest absolute Gasteiger partial charge is 0.225 e. The normalized spacial score (nSPS) is 10.6. The topological polar surface area (TPSA) is 99.9 Å². The molecule has 0 unspecified atom stereocenters. The van der Waals surface area contributed by atoms with Crippen LogP contribution in [0.2, 0.25) is 0 Å². The molecule has 3 rings (SSSR count). The first kappa shape index (κ1) is 12.2. The van der Waals surface area contributed by atoms with Gasteiger partial charge >= 0.3 is 0 Å². The Kier molecular flexibility index (Phi) is 3.04. The van der Waals surface area contributed by atoms with Crippen molar-refractivity contribution in [3.63, 3.8) is 0 Å². The number of ether oxygens (including phenoxy) is 1. The van der Waals surface area contributed by atoms with E-state index in [1.165, 1.54) is 0 Å². The molecule has 0 fully saturated rings. The third kappa shape index (κ3) is 2.59. The van der Waals surface area contributed by atoms with Crippen LogP contribution < -0.4 is 16.2 Å². The first-order chi connectivity index (χ1) is 9.70. The predicted octanol–water partition coefficient (Wildman–Crippen LogP) is 1.77. The van der Waals surface area contributed by atoms with Gasteiger partial charge in [0.05, 0.1) is 0 Å². The standard InChI is InChI=1S/C14H13N5O/c15-13-17-12(18-14(16)19-13)8-20-11-6-5-9-3-1-2-4-10(9)7-11/h1-7H,8H2,(H4,15,16,17,18,19). The quantitative estimate of drug-likeness (QED) is 0.750. The summed E-state index contributed by atoms with van der Waals surface area (Å²) in [6.45, 7) is 0.190. The summed E-state index contributed by atoms with van der Waals surface area (Å²) in [5.74, 6) is 1.33. The van der Waals surface area contributed by atoms with Crippen molar-refractivity contribution in [3.05, 3.63) is 48.3 Å². The van der Waals surface area contributed by atoms with Gasteiger partial charge in [0.25, 0.3) is 0 Å². The van der Waals surface area contributed by atoms with Crippen molar-refractivity contribution in [1.82, 2.24) is 15.0 Å². The zero-order valence-electron chi connectivity index (χ0n) is 10.7. The molecule has 4 N–H and O–H groups in total. The summed E-state index contributed by atoms with van der Waals surface area (Å²) < 4.78 is 5.65. The average molecular weight is 267 g/mol. The Morgan fingerprint density at radius 3 is 2.30 bits per heavy atom. The van der Waals surface area contributed by atoms with E-state index in [4.69, 9.17) is 16.2 Å². The lowest BCUT2D eigenvalue weighted by Crippen LogP contribution is -2.09. The molecular formula is C14H13N5O. The fourth-order valence-electron chi connectivity index (χ4n) is 1.93. The molecule has 0 saturated heterocycles. The minimum atomic E-state index is 0.0922. The summed E-state index contributed by atoms with van der Waals surface area (Å²) in [5.41, 5.74) is 11.0. The lowest BCUT2D eigenvalue weighted by Gasteiger charge is -2.07. The van der Waals surface area contributed by atoms with Crippen molar-refractivity contribution in [2.45, 2.75) is 6.61 Å². The van der Waals surface area contributed by atoms with E-state index in [0.717, 1.165) is 16.5 Å². The molecule has 6 nitrogen and oxygen atoms in total. The fraction of sp³-hybridized carbons (Fsp3) is 0.0714. The van der Waals surface area contributed by atoms with Gasteiger partial charge in [0, 0.05) is 0 Å². The number of aromatic nitrogens is 3. The summed E-state index contributed by atoms with van der Waals surface area (Å²) >= 11 is 0. The van der Waals surface area contributed by atoms with Crippen molar-refractivity contribution in [3.8, 4) is 5.75 Å². The summed E-state index contributed by atoms with van der Waals surface area (Å²) in [4.78, 5) is 11.6. The number of nitrogens with zero attached hydrogens (tertiary/aromatic N) is 3. The fourth-order valence-corrected chi connectivity index (χ4v) is 1.93. The van der Waals surface area contributed by atoms with Crippen LogP contribution in [0.25, 0.3) is 10.8 Å². The van der Waals surface area contributed by atoms with E-state index in [0.29, 0.717) is 5.82 Å². The van der Waals surface area contributed by atoms with Crippen LogP contribution in [0.1, 0.15) is 5.82 Å². The summed E-state index contributed by atoms with van der Waals surface area (Å²) in [6.07, 6.45) is 0. The van der Waals surface area contributed by atoms with Crippen LogP contribution in [0, 0.1) is 0 Å². The molecule has 3 aromatic rings. The van der Waals surface area contributed by atoms with Gasteiger partial charge in [0.2, 0.25) is 11.9 Å². The van der Waals surface area contributed by atoms with E-state index in [1.54, 1.807) is 0 Å². The maximum Gasteiger partial charge on any atom is 0.225 e. The molecule has 1 aromatic heterocycles. The number of rotatable bonds is 3. The van der Waals surface area contributed by atoms with E-state index >= 15 is 0 Å². The summed E-state index contributed by atoms with van der Waals surface area (Å²) in [7, 11) is 0. The molecule has 100 valence electrons. The highest BCUT2D eigenvalue weighted by Gasteiger charge is 2.03. The number of fused-ring (bicyclic) bond motifs is 1. The maximum absolute atomic E-state index is 5.65. The van der Waals surface area contributed by atoms with Crippen molar-refractivity contribution < 1.29 is 4.74 Å². The highest BCUT2D eigenvalue weighted by molar-refractivity contribution is 5.83. The zero-order chi connectivity index (χ0) is 13.9. The molecule has 0 spiro atoms. The Morgan fingerprint density at radius 1 is 0.850 bits per heavy atom. The predicted molar refractivity (Wildman–Crippen MR) is 76.9 cm³/mol. The largest absolute Gasteiger partial charge is 0.486 e. The molecule has 6 heteroatoms. The monoisotopic (exact) mass is 267 g/mol. The second kappa shape index (κ2) is 5.00. The van der Waals surface area contributed by atoms with Crippen LogP contribution in [0.15, 0.2) is 42.5 Å². The second-order valence-corrected chi connectivity index (χ2v) is 4.27. The zero-order valence-corrected chi connectivity index (χ0v) is 10.7. The van der Waals surface area contributed by atoms with Crippen LogP contribution in [0.5, 0.6) is 5.75 Å². The van der Waals surface area contributed by atoms with Crippen LogP contribution in [0.3, 0.4) is 0 Å². The van der Waals surface area contributed by atoms with Gasteiger partial charge in [-0.2, -0.15) is 15.0 Å².